The zero-order chi connectivity index (χ0) is 16.9. The first-order valence-electron chi connectivity index (χ1n) is 8.25. The van der Waals surface area contributed by atoms with Crippen LogP contribution in [0.3, 0.4) is 0 Å². The van der Waals surface area contributed by atoms with Crippen LogP contribution in [0.15, 0.2) is 34.3 Å². The summed E-state index contributed by atoms with van der Waals surface area (Å²) in [5.41, 5.74) is 1.64. The lowest BCUT2D eigenvalue weighted by Crippen LogP contribution is -2.32. The Balaban J connectivity index is 1.84. The second kappa shape index (κ2) is 7.33. The monoisotopic (exact) mass is 324 g/mol. The lowest BCUT2D eigenvalue weighted by molar-refractivity contribution is -0.117. The Morgan fingerprint density at radius 3 is 3.00 bits per heavy atom. The van der Waals surface area contributed by atoms with E-state index >= 15 is 0 Å². The maximum Gasteiger partial charge on any atom is 0.262 e. The molecule has 2 heterocycles. The number of fused-ring (bicyclic) bond motifs is 1. The van der Waals surface area contributed by atoms with Crippen LogP contribution in [-0.4, -0.2) is 25.2 Å². The normalized spacial score (nSPS) is 17.8. The van der Waals surface area contributed by atoms with Gasteiger partial charge in [-0.15, -0.1) is 0 Å². The predicted molar refractivity (Wildman–Crippen MR) is 91.2 cm³/mol. The smallest absolute Gasteiger partial charge is 0.262 e. The van der Waals surface area contributed by atoms with E-state index in [4.69, 9.17) is 9.15 Å². The minimum atomic E-state index is -0.375. The molecule has 0 radical (unpaired) electrons. The summed E-state index contributed by atoms with van der Waals surface area (Å²) in [7, 11) is 0. The van der Waals surface area contributed by atoms with E-state index in [2.05, 4.69) is 5.32 Å². The average molecular weight is 324 g/mol. The van der Waals surface area contributed by atoms with Crippen molar-refractivity contribution in [3.8, 4) is 6.07 Å². The summed E-state index contributed by atoms with van der Waals surface area (Å²) < 4.78 is 11.3. The fraction of sp³-hybridized carbons (Fsp3) is 0.368. The van der Waals surface area contributed by atoms with Crippen molar-refractivity contribution in [3.63, 3.8) is 0 Å². The number of benzene rings is 1. The molecule has 1 atom stereocenters. The second-order valence-corrected chi connectivity index (χ2v) is 5.80. The van der Waals surface area contributed by atoms with Crippen molar-refractivity contribution in [1.82, 2.24) is 5.32 Å². The molecule has 1 amide bonds. The summed E-state index contributed by atoms with van der Waals surface area (Å²) in [5.74, 6) is 0.399. The Hall–Kier alpha value is -2.58. The summed E-state index contributed by atoms with van der Waals surface area (Å²) in [4.78, 5) is 12.3. The van der Waals surface area contributed by atoms with Crippen molar-refractivity contribution in [1.29, 1.82) is 5.26 Å². The number of aryl methyl sites for hydroxylation is 1. The number of carbonyl (C=O) groups is 1. The number of carbonyl (C=O) groups excluding carboxylic acids is 1. The van der Waals surface area contributed by atoms with Crippen molar-refractivity contribution in [3.05, 3.63) is 41.2 Å². The van der Waals surface area contributed by atoms with Gasteiger partial charge in [-0.05, 0) is 25.0 Å². The fourth-order valence-electron chi connectivity index (χ4n) is 2.94. The highest BCUT2D eigenvalue weighted by Crippen LogP contribution is 2.28. The van der Waals surface area contributed by atoms with Crippen LogP contribution in [0.25, 0.3) is 17.0 Å². The molecule has 0 spiro atoms. The summed E-state index contributed by atoms with van der Waals surface area (Å²) in [5, 5.41) is 13.1. The van der Waals surface area contributed by atoms with Crippen LogP contribution in [0.1, 0.15) is 31.1 Å². The number of nitriles is 1. The van der Waals surface area contributed by atoms with Crippen LogP contribution in [0.2, 0.25) is 0 Å². The number of rotatable bonds is 5. The number of hydrogen-bond acceptors (Lipinski definition) is 4. The van der Waals surface area contributed by atoms with Crippen molar-refractivity contribution in [2.75, 3.05) is 13.2 Å². The molecule has 2 aromatic rings. The molecule has 124 valence electrons. The number of furan rings is 1. The molecule has 0 bridgehead atoms. The Morgan fingerprint density at radius 1 is 1.46 bits per heavy atom. The Bertz CT molecular complexity index is 808. The lowest BCUT2D eigenvalue weighted by Gasteiger charge is -2.10. The van der Waals surface area contributed by atoms with Crippen LogP contribution in [-0.2, 0) is 16.0 Å². The maximum atomic E-state index is 12.3. The van der Waals surface area contributed by atoms with Gasteiger partial charge in [0.05, 0.1) is 6.10 Å². The minimum absolute atomic E-state index is 0.0508. The van der Waals surface area contributed by atoms with E-state index in [1.165, 1.54) is 0 Å². The van der Waals surface area contributed by atoms with Gasteiger partial charge >= 0.3 is 0 Å². The first kappa shape index (κ1) is 16.3. The van der Waals surface area contributed by atoms with Crippen LogP contribution < -0.4 is 5.32 Å². The molecular formula is C19H20N2O3. The Labute approximate surface area is 140 Å². The van der Waals surface area contributed by atoms with Gasteiger partial charge in [0.25, 0.3) is 5.91 Å². The standard InChI is InChI=1S/C19H20N2O3/c1-2-17-16(15-7-3-4-8-18(15)24-17)10-13(11-20)19(22)21-12-14-6-5-9-23-14/h3-4,7-8,10,14H,2,5-6,9,12H2,1H3,(H,21,22)/b13-10+/t14-/m0/s1. The van der Waals surface area contributed by atoms with Gasteiger partial charge in [0.2, 0.25) is 0 Å². The van der Waals surface area contributed by atoms with Crippen molar-refractivity contribution in [2.24, 2.45) is 0 Å². The molecule has 1 N–H and O–H groups in total. The molecule has 5 heteroatoms. The average Bonchev–Trinajstić information content (AvgIpc) is 3.25. The quantitative estimate of drug-likeness (QED) is 0.677. The molecule has 1 aromatic carbocycles. The number of nitrogens with zero attached hydrogens (tertiary/aromatic N) is 1. The first-order chi connectivity index (χ1) is 11.7. The number of amides is 1. The van der Waals surface area contributed by atoms with Crippen molar-refractivity contribution >= 4 is 23.0 Å². The minimum Gasteiger partial charge on any atom is -0.460 e. The van der Waals surface area contributed by atoms with Gasteiger partial charge in [0.15, 0.2) is 0 Å². The highest BCUT2D eigenvalue weighted by Gasteiger charge is 2.19. The number of hydrogen-bond donors (Lipinski definition) is 1. The van der Waals surface area contributed by atoms with Crippen molar-refractivity contribution in [2.45, 2.75) is 32.3 Å². The van der Waals surface area contributed by atoms with E-state index in [0.29, 0.717) is 13.0 Å². The topological polar surface area (TPSA) is 75.3 Å². The van der Waals surface area contributed by atoms with E-state index in [9.17, 15) is 10.1 Å². The van der Waals surface area contributed by atoms with Gasteiger partial charge in [0.1, 0.15) is 23.0 Å². The van der Waals surface area contributed by atoms with Gasteiger partial charge in [-0.2, -0.15) is 5.26 Å². The van der Waals surface area contributed by atoms with Gasteiger partial charge < -0.3 is 14.5 Å². The largest absolute Gasteiger partial charge is 0.460 e. The predicted octanol–water partition coefficient (Wildman–Crippen LogP) is 3.20. The van der Waals surface area contributed by atoms with E-state index in [0.717, 1.165) is 41.7 Å². The molecule has 5 nitrogen and oxygen atoms in total. The number of nitrogens with one attached hydrogen (secondary N) is 1. The van der Waals surface area contributed by atoms with Crippen LogP contribution >= 0.6 is 0 Å². The van der Waals surface area contributed by atoms with Crippen LogP contribution in [0.4, 0.5) is 0 Å². The number of ether oxygens (including phenoxy) is 1. The highest BCUT2D eigenvalue weighted by molar-refractivity contribution is 6.04. The van der Waals surface area contributed by atoms with Gasteiger partial charge in [-0.3, -0.25) is 4.79 Å². The van der Waals surface area contributed by atoms with E-state index in [-0.39, 0.29) is 17.6 Å². The zero-order valence-corrected chi connectivity index (χ0v) is 13.7. The van der Waals surface area contributed by atoms with E-state index in [1.54, 1.807) is 6.08 Å². The lowest BCUT2D eigenvalue weighted by atomic mass is 10.1. The molecule has 3 rings (SSSR count). The van der Waals surface area contributed by atoms with Crippen molar-refractivity contribution < 1.29 is 13.9 Å². The summed E-state index contributed by atoms with van der Waals surface area (Å²) in [6.07, 6.45) is 4.32. The molecule has 0 aliphatic carbocycles. The van der Waals surface area contributed by atoms with E-state index < -0.39 is 0 Å². The molecule has 0 saturated carbocycles. The molecule has 0 unspecified atom stereocenters. The molecular weight excluding hydrogens is 304 g/mol. The van der Waals surface area contributed by atoms with Gasteiger partial charge in [0, 0.05) is 30.5 Å². The fourth-order valence-corrected chi connectivity index (χ4v) is 2.94. The highest BCUT2D eigenvalue weighted by atomic mass is 16.5. The third kappa shape index (κ3) is 3.34. The van der Waals surface area contributed by atoms with Crippen LogP contribution in [0, 0.1) is 11.3 Å². The third-order valence-corrected chi connectivity index (χ3v) is 4.20. The molecule has 24 heavy (non-hydrogen) atoms. The Morgan fingerprint density at radius 2 is 2.29 bits per heavy atom. The van der Waals surface area contributed by atoms with Gasteiger partial charge in [-0.1, -0.05) is 25.1 Å². The van der Waals surface area contributed by atoms with Gasteiger partial charge in [-0.25, -0.2) is 0 Å². The van der Waals surface area contributed by atoms with Crippen LogP contribution in [0.5, 0.6) is 0 Å². The number of para-hydroxylation sites is 1. The summed E-state index contributed by atoms with van der Waals surface area (Å²) in [6.45, 7) is 3.16. The SMILES string of the molecule is CCc1oc2ccccc2c1/C=C(\C#N)C(=O)NC[C@@H]1CCCO1. The maximum absolute atomic E-state index is 12.3. The second-order valence-electron chi connectivity index (χ2n) is 5.80. The molecule has 1 saturated heterocycles. The molecule has 1 aliphatic heterocycles. The van der Waals surface area contributed by atoms with E-state index in [1.807, 2.05) is 37.3 Å². The molecule has 1 aliphatic rings. The molecule has 1 fully saturated rings. The summed E-state index contributed by atoms with van der Waals surface area (Å²) in [6, 6.07) is 9.63. The summed E-state index contributed by atoms with van der Waals surface area (Å²) >= 11 is 0. The molecule has 1 aromatic heterocycles. The zero-order valence-electron chi connectivity index (χ0n) is 13.7. The first-order valence-corrected chi connectivity index (χ1v) is 8.25. The third-order valence-electron chi connectivity index (χ3n) is 4.20. The Kier molecular flexibility index (Phi) is 4.97.